The van der Waals surface area contributed by atoms with Crippen LogP contribution in [0, 0.1) is 0 Å². The second kappa shape index (κ2) is 7.92. The number of rotatable bonds is 9. The van der Waals surface area contributed by atoms with Gasteiger partial charge in [-0.05, 0) is 38.1 Å². The molecular formula is C16H27N3OS. The Morgan fingerprint density at radius 1 is 1.43 bits per heavy atom. The highest BCUT2D eigenvalue weighted by atomic mass is 32.1. The van der Waals surface area contributed by atoms with Gasteiger partial charge in [-0.1, -0.05) is 6.07 Å². The Hall–Kier alpha value is -0.910. The van der Waals surface area contributed by atoms with E-state index >= 15 is 0 Å². The molecule has 1 unspecified atom stereocenters. The lowest BCUT2D eigenvalue weighted by atomic mass is 10.1. The number of thiophene rings is 1. The normalized spacial score (nSPS) is 16.2. The van der Waals surface area contributed by atoms with E-state index in [4.69, 9.17) is 5.73 Å². The molecule has 1 aliphatic carbocycles. The average Bonchev–Trinajstić information content (AvgIpc) is 3.20. The van der Waals surface area contributed by atoms with Crippen LogP contribution < -0.4 is 5.73 Å². The molecular weight excluding hydrogens is 282 g/mol. The molecule has 21 heavy (non-hydrogen) atoms. The van der Waals surface area contributed by atoms with Crippen LogP contribution in [0.3, 0.4) is 0 Å². The second-order valence-electron chi connectivity index (χ2n) is 5.64. The zero-order chi connectivity index (χ0) is 15.2. The van der Waals surface area contributed by atoms with Crippen molar-refractivity contribution in [1.29, 1.82) is 0 Å². The maximum absolute atomic E-state index is 12.4. The largest absolute Gasteiger partial charge is 0.343 e. The van der Waals surface area contributed by atoms with Crippen molar-refractivity contribution < 1.29 is 4.79 Å². The molecule has 4 nitrogen and oxygen atoms in total. The highest BCUT2D eigenvalue weighted by Gasteiger charge is 2.34. The van der Waals surface area contributed by atoms with Crippen LogP contribution in [0.15, 0.2) is 17.5 Å². The fraction of sp³-hybridized carbons (Fsp3) is 0.688. The molecule has 118 valence electrons. The fourth-order valence-electron chi connectivity index (χ4n) is 2.79. The summed E-state index contributed by atoms with van der Waals surface area (Å²) in [5, 5.41) is 2.11. The van der Waals surface area contributed by atoms with E-state index in [9.17, 15) is 4.79 Å². The molecule has 1 fully saturated rings. The number of hydrogen-bond acceptors (Lipinski definition) is 4. The van der Waals surface area contributed by atoms with E-state index in [0.29, 0.717) is 19.0 Å². The minimum absolute atomic E-state index is 0.160. The minimum Gasteiger partial charge on any atom is -0.343 e. The van der Waals surface area contributed by atoms with Crippen LogP contribution in [0.4, 0.5) is 0 Å². The first-order valence-electron chi connectivity index (χ1n) is 7.95. The smallest absolute Gasteiger partial charge is 0.224 e. The Kier molecular flexibility index (Phi) is 6.21. The summed E-state index contributed by atoms with van der Waals surface area (Å²) in [6, 6.07) is 5.03. The van der Waals surface area contributed by atoms with Gasteiger partial charge in [0.05, 0.1) is 0 Å². The molecule has 2 rings (SSSR count). The monoisotopic (exact) mass is 309 g/mol. The lowest BCUT2D eigenvalue weighted by Gasteiger charge is -2.32. The summed E-state index contributed by atoms with van der Waals surface area (Å²) < 4.78 is 0. The predicted molar refractivity (Wildman–Crippen MR) is 88.3 cm³/mol. The van der Waals surface area contributed by atoms with Crippen molar-refractivity contribution in [2.75, 3.05) is 19.6 Å². The Bertz CT molecular complexity index is 427. The highest BCUT2D eigenvalue weighted by Crippen LogP contribution is 2.31. The molecule has 1 aromatic rings. The third kappa shape index (κ3) is 4.53. The van der Waals surface area contributed by atoms with Gasteiger partial charge in [-0.25, -0.2) is 0 Å². The van der Waals surface area contributed by atoms with Crippen molar-refractivity contribution in [3.8, 4) is 0 Å². The number of carbonyl (C=O) groups excluding carboxylic acids is 1. The first-order chi connectivity index (χ1) is 10.2. The van der Waals surface area contributed by atoms with E-state index in [1.54, 1.807) is 11.3 Å². The molecule has 0 saturated heterocycles. The number of carbonyl (C=O) groups is 1. The summed E-state index contributed by atoms with van der Waals surface area (Å²) in [5.41, 5.74) is 5.99. The van der Waals surface area contributed by atoms with Crippen LogP contribution in [0.5, 0.6) is 0 Å². The number of amides is 1. The molecule has 0 aliphatic heterocycles. The molecule has 0 aromatic carbocycles. The van der Waals surface area contributed by atoms with Crippen molar-refractivity contribution in [2.45, 2.75) is 51.7 Å². The molecule has 0 spiro atoms. The topological polar surface area (TPSA) is 49.6 Å². The third-order valence-electron chi connectivity index (χ3n) is 4.20. The van der Waals surface area contributed by atoms with Crippen LogP contribution >= 0.6 is 11.3 Å². The van der Waals surface area contributed by atoms with E-state index in [1.165, 1.54) is 17.7 Å². The van der Waals surface area contributed by atoms with Gasteiger partial charge in [0.1, 0.15) is 0 Å². The molecule has 2 N–H and O–H groups in total. The first kappa shape index (κ1) is 16.5. The van der Waals surface area contributed by atoms with Crippen molar-refractivity contribution in [3.63, 3.8) is 0 Å². The van der Waals surface area contributed by atoms with Crippen molar-refractivity contribution >= 4 is 17.2 Å². The van der Waals surface area contributed by atoms with E-state index in [2.05, 4.69) is 22.4 Å². The SMILES string of the molecule is CCN(CC)C(=O)CC(CN)N(Cc1cccs1)C1CC1. The average molecular weight is 309 g/mol. The van der Waals surface area contributed by atoms with Crippen LogP contribution in [-0.2, 0) is 11.3 Å². The van der Waals surface area contributed by atoms with E-state index < -0.39 is 0 Å². The van der Waals surface area contributed by atoms with E-state index in [0.717, 1.165) is 19.6 Å². The van der Waals surface area contributed by atoms with Gasteiger partial charge in [0.15, 0.2) is 0 Å². The van der Waals surface area contributed by atoms with Gasteiger partial charge in [-0.2, -0.15) is 0 Å². The molecule has 0 radical (unpaired) electrons. The number of nitrogens with two attached hydrogens (primary N) is 1. The Balaban J connectivity index is 2.00. The van der Waals surface area contributed by atoms with Gasteiger partial charge in [0.2, 0.25) is 5.91 Å². The van der Waals surface area contributed by atoms with Gasteiger partial charge in [0.25, 0.3) is 0 Å². The highest BCUT2D eigenvalue weighted by molar-refractivity contribution is 7.09. The van der Waals surface area contributed by atoms with Gasteiger partial charge in [-0.3, -0.25) is 9.69 Å². The third-order valence-corrected chi connectivity index (χ3v) is 5.06. The zero-order valence-corrected chi connectivity index (χ0v) is 13.9. The van der Waals surface area contributed by atoms with Crippen LogP contribution in [0.25, 0.3) is 0 Å². The van der Waals surface area contributed by atoms with Crippen LogP contribution in [-0.4, -0.2) is 47.4 Å². The van der Waals surface area contributed by atoms with Crippen molar-refractivity contribution in [1.82, 2.24) is 9.80 Å². The maximum Gasteiger partial charge on any atom is 0.224 e. The molecule has 1 atom stereocenters. The van der Waals surface area contributed by atoms with E-state index in [1.807, 2.05) is 18.7 Å². The van der Waals surface area contributed by atoms with Gasteiger partial charge < -0.3 is 10.6 Å². The summed E-state index contributed by atoms with van der Waals surface area (Å²) >= 11 is 1.78. The maximum atomic E-state index is 12.4. The minimum atomic E-state index is 0.160. The Morgan fingerprint density at radius 2 is 2.14 bits per heavy atom. The quantitative estimate of drug-likeness (QED) is 0.761. The standard InChI is InChI=1S/C16H27N3OS/c1-3-18(4-2)16(20)10-14(11-17)19(13-7-8-13)12-15-6-5-9-21-15/h5-6,9,13-14H,3-4,7-8,10-12,17H2,1-2H3. The molecule has 1 aliphatic rings. The summed E-state index contributed by atoms with van der Waals surface area (Å²) in [6.07, 6.45) is 3.02. The van der Waals surface area contributed by atoms with Crippen molar-refractivity contribution in [3.05, 3.63) is 22.4 Å². The van der Waals surface area contributed by atoms with Gasteiger partial charge in [0, 0.05) is 49.6 Å². The number of nitrogens with zero attached hydrogens (tertiary/aromatic N) is 2. The molecule has 1 heterocycles. The molecule has 0 bridgehead atoms. The van der Waals surface area contributed by atoms with Crippen molar-refractivity contribution in [2.24, 2.45) is 5.73 Å². The predicted octanol–water partition coefficient (Wildman–Crippen LogP) is 2.30. The summed E-state index contributed by atoms with van der Waals surface area (Å²) in [4.78, 5) is 18.1. The molecule has 1 aromatic heterocycles. The summed E-state index contributed by atoms with van der Waals surface area (Å²) in [5.74, 6) is 0.229. The Morgan fingerprint density at radius 3 is 2.62 bits per heavy atom. The summed E-state index contributed by atoms with van der Waals surface area (Å²) in [7, 11) is 0. The molecule has 1 amide bonds. The second-order valence-corrected chi connectivity index (χ2v) is 6.67. The van der Waals surface area contributed by atoms with Gasteiger partial charge in [-0.15, -0.1) is 11.3 Å². The van der Waals surface area contributed by atoms with Crippen LogP contribution in [0.2, 0.25) is 0 Å². The van der Waals surface area contributed by atoms with E-state index in [-0.39, 0.29) is 11.9 Å². The van der Waals surface area contributed by atoms with Crippen LogP contribution in [0.1, 0.15) is 38.0 Å². The lowest BCUT2D eigenvalue weighted by Crippen LogP contribution is -2.45. The summed E-state index contributed by atoms with van der Waals surface area (Å²) in [6.45, 7) is 7.10. The molecule has 1 saturated carbocycles. The first-order valence-corrected chi connectivity index (χ1v) is 8.83. The number of hydrogen-bond donors (Lipinski definition) is 1. The lowest BCUT2D eigenvalue weighted by molar-refractivity contribution is -0.132. The zero-order valence-electron chi connectivity index (χ0n) is 13.1. The molecule has 5 heteroatoms. The Labute approximate surface area is 131 Å². The fourth-order valence-corrected chi connectivity index (χ4v) is 3.50. The van der Waals surface area contributed by atoms with Gasteiger partial charge >= 0.3 is 0 Å².